The Morgan fingerprint density at radius 2 is 2.17 bits per heavy atom. The number of pyridine rings is 1. The van der Waals surface area contributed by atoms with Gasteiger partial charge in [-0.25, -0.2) is 0 Å². The molecule has 1 aromatic heterocycles. The smallest absolute Gasteiger partial charge is 0.142 e. The quantitative estimate of drug-likeness (QED) is 0.832. The molecule has 1 saturated heterocycles. The third-order valence-electron chi connectivity index (χ3n) is 3.35. The highest BCUT2D eigenvalue weighted by atomic mass is 16.5. The molecule has 0 amide bonds. The van der Waals surface area contributed by atoms with Gasteiger partial charge in [-0.2, -0.15) is 0 Å². The highest BCUT2D eigenvalue weighted by Gasteiger charge is 2.10. The Kier molecular flexibility index (Phi) is 5.42. The number of rotatable bonds is 6. The first-order chi connectivity index (χ1) is 8.90. The fourth-order valence-electron chi connectivity index (χ4n) is 2.34. The Hall–Kier alpha value is -1.13. The van der Waals surface area contributed by atoms with Crippen molar-refractivity contribution in [3.05, 3.63) is 24.0 Å². The molecule has 0 saturated carbocycles. The predicted molar refractivity (Wildman–Crippen MR) is 72.8 cm³/mol. The molecule has 100 valence electrons. The van der Waals surface area contributed by atoms with E-state index in [4.69, 9.17) is 4.74 Å². The van der Waals surface area contributed by atoms with Crippen molar-refractivity contribution >= 4 is 0 Å². The molecular weight excluding hydrogens is 226 g/mol. The minimum atomic E-state index is 0.752. The van der Waals surface area contributed by atoms with E-state index in [-0.39, 0.29) is 0 Å². The lowest BCUT2D eigenvalue weighted by Crippen LogP contribution is -2.33. The minimum absolute atomic E-state index is 0.752. The van der Waals surface area contributed by atoms with Gasteiger partial charge < -0.3 is 10.1 Å². The van der Waals surface area contributed by atoms with Gasteiger partial charge in [-0.05, 0) is 39.0 Å². The molecule has 18 heavy (non-hydrogen) atoms. The van der Waals surface area contributed by atoms with Crippen LogP contribution in [0.25, 0.3) is 0 Å². The van der Waals surface area contributed by atoms with Crippen LogP contribution in [0.15, 0.2) is 18.5 Å². The van der Waals surface area contributed by atoms with Gasteiger partial charge in [0.25, 0.3) is 0 Å². The third-order valence-corrected chi connectivity index (χ3v) is 3.35. The van der Waals surface area contributed by atoms with Crippen molar-refractivity contribution < 1.29 is 4.74 Å². The Balaban J connectivity index is 1.78. The Morgan fingerprint density at radius 1 is 1.33 bits per heavy atom. The van der Waals surface area contributed by atoms with E-state index < -0.39 is 0 Å². The SMILES string of the molecule is CNCc1ccncc1OCCN1CCCCC1. The number of ether oxygens (including phenoxy) is 1. The molecule has 2 rings (SSSR count). The molecule has 0 spiro atoms. The topological polar surface area (TPSA) is 37.4 Å². The molecule has 0 radical (unpaired) electrons. The van der Waals surface area contributed by atoms with E-state index in [0.29, 0.717) is 0 Å². The number of aromatic nitrogens is 1. The molecule has 0 aromatic carbocycles. The van der Waals surface area contributed by atoms with E-state index in [9.17, 15) is 0 Å². The lowest BCUT2D eigenvalue weighted by Gasteiger charge is -2.26. The van der Waals surface area contributed by atoms with Crippen molar-refractivity contribution in [2.24, 2.45) is 0 Å². The number of likely N-dealkylation sites (tertiary alicyclic amines) is 1. The maximum atomic E-state index is 5.85. The summed E-state index contributed by atoms with van der Waals surface area (Å²) < 4.78 is 5.85. The number of hydrogen-bond acceptors (Lipinski definition) is 4. The fraction of sp³-hybridized carbons (Fsp3) is 0.643. The third kappa shape index (κ3) is 3.96. The van der Waals surface area contributed by atoms with E-state index >= 15 is 0 Å². The second kappa shape index (κ2) is 7.34. The van der Waals surface area contributed by atoms with Gasteiger partial charge in [0, 0.05) is 24.8 Å². The van der Waals surface area contributed by atoms with Gasteiger partial charge in [0.15, 0.2) is 0 Å². The van der Waals surface area contributed by atoms with Crippen molar-refractivity contribution in [2.45, 2.75) is 25.8 Å². The minimum Gasteiger partial charge on any atom is -0.490 e. The number of nitrogens with one attached hydrogen (secondary N) is 1. The van der Waals surface area contributed by atoms with Crippen LogP contribution in [0.3, 0.4) is 0 Å². The number of nitrogens with zero attached hydrogens (tertiary/aromatic N) is 2. The van der Waals surface area contributed by atoms with Crippen LogP contribution in [0.1, 0.15) is 24.8 Å². The van der Waals surface area contributed by atoms with Crippen LogP contribution in [0.5, 0.6) is 5.75 Å². The van der Waals surface area contributed by atoms with E-state index in [1.54, 1.807) is 0 Å². The van der Waals surface area contributed by atoms with E-state index in [1.165, 1.54) is 37.9 Å². The maximum Gasteiger partial charge on any atom is 0.142 e. The standard InChI is InChI=1S/C14H23N3O/c1-15-11-13-5-6-16-12-14(13)18-10-9-17-7-3-2-4-8-17/h5-6,12,15H,2-4,7-11H2,1H3. The lowest BCUT2D eigenvalue weighted by atomic mass is 10.1. The zero-order valence-corrected chi connectivity index (χ0v) is 11.2. The average Bonchev–Trinajstić information content (AvgIpc) is 2.42. The van der Waals surface area contributed by atoms with Gasteiger partial charge in [-0.3, -0.25) is 9.88 Å². The molecule has 1 fully saturated rings. The van der Waals surface area contributed by atoms with Gasteiger partial charge in [0.2, 0.25) is 0 Å². The predicted octanol–water partition coefficient (Wildman–Crippen LogP) is 1.67. The summed E-state index contributed by atoms with van der Waals surface area (Å²) in [5.74, 6) is 0.906. The van der Waals surface area contributed by atoms with E-state index in [1.807, 2.05) is 25.5 Å². The molecule has 4 nitrogen and oxygen atoms in total. The molecule has 0 bridgehead atoms. The second-order valence-electron chi connectivity index (χ2n) is 4.76. The Labute approximate surface area is 109 Å². The highest BCUT2D eigenvalue weighted by molar-refractivity contribution is 5.29. The second-order valence-corrected chi connectivity index (χ2v) is 4.76. The Morgan fingerprint density at radius 3 is 2.94 bits per heavy atom. The van der Waals surface area contributed by atoms with Crippen molar-refractivity contribution in [1.29, 1.82) is 0 Å². The first kappa shape index (κ1) is 13.3. The van der Waals surface area contributed by atoms with Crippen LogP contribution in [0, 0.1) is 0 Å². The first-order valence-corrected chi connectivity index (χ1v) is 6.83. The molecule has 1 N–H and O–H groups in total. The molecule has 2 heterocycles. The summed E-state index contributed by atoms with van der Waals surface area (Å²) in [5.41, 5.74) is 1.17. The molecule has 1 aromatic rings. The molecular formula is C14H23N3O. The van der Waals surface area contributed by atoms with Crippen LogP contribution in [0.2, 0.25) is 0 Å². The van der Waals surface area contributed by atoms with Crippen LogP contribution in [-0.2, 0) is 6.54 Å². The monoisotopic (exact) mass is 249 g/mol. The summed E-state index contributed by atoms with van der Waals surface area (Å²) in [6, 6.07) is 2.01. The van der Waals surface area contributed by atoms with Crippen molar-refractivity contribution in [2.75, 3.05) is 33.3 Å². The highest BCUT2D eigenvalue weighted by Crippen LogP contribution is 2.16. The zero-order chi connectivity index (χ0) is 12.6. The maximum absolute atomic E-state index is 5.85. The van der Waals surface area contributed by atoms with Crippen molar-refractivity contribution in [1.82, 2.24) is 15.2 Å². The van der Waals surface area contributed by atoms with Crippen LogP contribution >= 0.6 is 0 Å². The Bertz CT molecular complexity index is 351. The van der Waals surface area contributed by atoms with E-state index in [2.05, 4.69) is 15.2 Å². The van der Waals surface area contributed by atoms with E-state index in [0.717, 1.165) is 25.4 Å². The summed E-state index contributed by atoms with van der Waals surface area (Å²) in [7, 11) is 1.94. The molecule has 0 unspecified atom stereocenters. The van der Waals surface area contributed by atoms with Gasteiger partial charge in [-0.1, -0.05) is 6.42 Å². The normalized spacial score (nSPS) is 16.7. The number of hydrogen-bond donors (Lipinski definition) is 1. The van der Waals surface area contributed by atoms with Crippen LogP contribution in [-0.4, -0.2) is 43.2 Å². The molecule has 1 aliphatic heterocycles. The largest absolute Gasteiger partial charge is 0.490 e. The molecule has 1 aliphatic rings. The van der Waals surface area contributed by atoms with Gasteiger partial charge in [0.1, 0.15) is 12.4 Å². The average molecular weight is 249 g/mol. The van der Waals surface area contributed by atoms with Crippen molar-refractivity contribution in [3.8, 4) is 5.75 Å². The fourth-order valence-corrected chi connectivity index (χ4v) is 2.34. The summed E-state index contributed by atoms with van der Waals surface area (Å²) in [6.45, 7) is 5.04. The first-order valence-electron chi connectivity index (χ1n) is 6.83. The van der Waals surface area contributed by atoms with Crippen LogP contribution < -0.4 is 10.1 Å². The van der Waals surface area contributed by atoms with Gasteiger partial charge >= 0.3 is 0 Å². The van der Waals surface area contributed by atoms with Crippen molar-refractivity contribution in [3.63, 3.8) is 0 Å². The van der Waals surface area contributed by atoms with Crippen LogP contribution in [0.4, 0.5) is 0 Å². The summed E-state index contributed by atoms with van der Waals surface area (Å²) in [5, 5.41) is 3.15. The molecule has 0 atom stereocenters. The number of piperidine rings is 1. The summed E-state index contributed by atoms with van der Waals surface area (Å²) >= 11 is 0. The summed E-state index contributed by atoms with van der Waals surface area (Å²) in [6.07, 6.45) is 7.66. The molecule has 0 aliphatic carbocycles. The van der Waals surface area contributed by atoms with Gasteiger partial charge in [0.05, 0.1) is 6.20 Å². The lowest BCUT2D eigenvalue weighted by molar-refractivity contribution is 0.182. The zero-order valence-electron chi connectivity index (χ0n) is 11.2. The van der Waals surface area contributed by atoms with Gasteiger partial charge in [-0.15, -0.1) is 0 Å². The summed E-state index contributed by atoms with van der Waals surface area (Å²) in [4.78, 5) is 6.61. The molecule has 4 heteroatoms.